The van der Waals surface area contributed by atoms with E-state index in [1.807, 2.05) is 60.7 Å². The summed E-state index contributed by atoms with van der Waals surface area (Å²) < 4.78 is 0. The van der Waals surface area contributed by atoms with E-state index in [9.17, 15) is 0 Å². The van der Waals surface area contributed by atoms with Crippen molar-refractivity contribution in [2.75, 3.05) is 0 Å². The first kappa shape index (κ1) is 11.9. The zero-order valence-corrected chi connectivity index (χ0v) is 8.28. The van der Waals surface area contributed by atoms with Crippen LogP contribution < -0.4 is 0 Å². The van der Waals surface area contributed by atoms with Crippen LogP contribution in [0.5, 0.6) is 0 Å². The van der Waals surface area contributed by atoms with Crippen LogP contribution in [0.15, 0.2) is 61.2 Å². The Hall–Kier alpha value is -1.07. The molecule has 0 N–H and O–H groups in total. The zero-order valence-electron chi connectivity index (χ0n) is 7.30. The molecule has 0 aliphatic heterocycles. The third kappa shape index (κ3) is 5.22. The van der Waals surface area contributed by atoms with Gasteiger partial charge in [0.2, 0.25) is 0 Å². The van der Waals surface area contributed by atoms with E-state index in [4.69, 9.17) is 0 Å². The maximum absolute atomic E-state index is 3.60. The molecule has 76 valence electrons. The molecule has 0 fully saturated rings. The molecule has 0 heterocycles. The normalized spacial score (nSPS) is 7.69. The molecule has 0 unspecified atom stereocenters. The Morgan fingerprint density at radius 1 is 0.923 bits per heavy atom. The van der Waals surface area contributed by atoms with Gasteiger partial charge in [-0.25, -0.2) is 0 Å². The molecule has 0 radical (unpaired) electrons. The molecule has 0 aliphatic carbocycles. The van der Waals surface area contributed by atoms with Crippen molar-refractivity contribution in [3.8, 4) is 0 Å². The standard InChI is InChI=1S/C7H7.C5H5.Ni/c1-2-7-5-3-4-6-7;1-2-4-5-3-1;/h2-6H,1H2;1-5H;/q-1;-5;. The second-order valence-electron chi connectivity index (χ2n) is 2.38. The van der Waals surface area contributed by atoms with Crippen molar-refractivity contribution in [1.82, 2.24) is 0 Å². The minimum absolute atomic E-state index is 0. The van der Waals surface area contributed by atoms with Crippen LogP contribution in [-0.2, 0) is 16.5 Å². The van der Waals surface area contributed by atoms with Crippen LogP contribution >= 0.6 is 0 Å². The molecular weight excluding hydrogens is 203 g/mol. The van der Waals surface area contributed by atoms with Gasteiger partial charge in [-0.1, -0.05) is 0 Å². The molecule has 2 aromatic carbocycles. The smallest absolute Gasteiger partial charge is 0 e. The van der Waals surface area contributed by atoms with Gasteiger partial charge in [-0.05, 0) is 0 Å². The molecule has 1 heteroatoms. The van der Waals surface area contributed by atoms with Gasteiger partial charge in [-0.2, -0.15) is 18.7 Å². The predicted molar refractivity (Wildman–Crippen MR) is 54.2 cm³/mol. The molecule has 0 aliphatic rings. The maximum atomic E-state index is 3.60. The second kappa shape index (κ2) is 7.58. The van der Waals surface area contributed by atoms with Crippen molar-refractivity contribution >= 4 is 6.08 Å². The Labute approximate surface area is 89.6 Å². The summed E-state index contributed by atoms with van der Waals surface area (Å²) in [6.45, 7) is 3.60. The van der Waals surface area contributed by atoms with E-state index in [-0.39, 0.29) is 16.5 Å². The molecule has 2 aromatic rings. The summed E-state index contributed by atoms with van der Waals surface area (Å²) in [5, 5.41) is 0. The monoisotopic (exact) mass is 214 g/mol. The van der Waals surface area contributed by atoms with Crippen molar-refractivity contribution in [1.29, 1.82) is 0 Å². The van der Waals surface area contributed by atoms with E-state index >= 15 is 0 Å². The first-order chi connectivity index (χ1) is 5.93. The Balaban J connectivity index is 0.000000215. The summed E-state index contributed by atoms with van der Waals surface area (Å²) >= 11 is 0. The van der Waals surface area contributed by atoms with Crippen LogP contribution in [0.25, 0.3) is 6.08 Å². The van der Waals surface area contributed by atoms with Crippen LogP contribution in [0.2, 0.25) is 0 Å². The molecule has 0 saturated carbocycles. The molecule has 0 aromatic heterocycles. The van der Waals surface area contributed by atoms with Crippen LogP contribution in [0.1, 0.15) is 5.56 Å². The van der Waals surface area contributed by atoms with Gasteiger partial charge < -0.3 is 30.3 Å². The van der Waals surface area contributed by atoms with Gasteiger partial charge in [-0.3, -0.25) is 0 Å². The second-order valence-corrected chi connectivity index (χ2v) is 2.38. The van der Waals surface area contributed by atoms with Crippen molar-refractivity contribution < 1.29 is 16.5 Å². The topological polar surface area (TPSA) is 0 Å². The maximum Gasteiger partial charge on any atom is 0 e. The van der Waals surface area contributed by atoms with Gasteiger partial charge in [0.15, 0.2) is 0 Å². The van der Waals surface area contributed by atoms with E-state index < -0.39 is 0 Å². The summed E-state index contributed by atoms with van der Waals surface area (Å²) in [6.07, 6.45) is 1.83. The van der Waals surface area contributed by atoms with Gasteiger partial charge in [0.05, 0.1) is 0 Å². The Kier molecular flexibility index (Phi) is 6.95. The fourth-order valence-electron chi connectivity index (χ4n) is 0.846. The van der Waals surface area contributed by atoms with Crippen LogP contribution in [0.3, 0.4) is 0 Å². The van der Waals surface area contributed by atoms with Crippen molar-refractivity contribution in [2.24, 2.45) is 0 Å². The molecule has 0 nitrogen and oxygen atoms in total. The van der Waals surface area contributed by atoms with Crippen LogP contribution in [0, 0.1) is 0 Å². The fraction of sp³-hybridized carbons (Fsp3) is 0. The Morgan fingerprint density at radius 3 is 1.54 bits per heavy atom. The largest absolute Gasteiger partial charge is 0.748 e. The molecule has 0 atom stereocenters. The van der Waals surface area contributed by atoms with Crippen LogP contribution in [0.4, 0.5) is 0 Å². The van der Waals surface area contributed by atoms with E-state index in [1.54, 1.807) is 0 Å². The average Bonchev–Trinajstić information content (AvgIpc) is 2.81. The average molecular weight is 215 g/mol. The first-order valence-corrected chi connectivity index (χ1v) is 3.94. The van der Waals surface area contributed by atoms with Crippen LogP contribution in [-0.4, -0.2) is 0 Å². The summed E-state index contributed by atoms with van der Waals surface area (Å²) in [5.41, 5.74) is 1.19. The molecule has 0 spiro atoms. The van der Waals surface area contributed by atoms with Gasteiger partial charge in [0.25, 0.3) is 0 Å². The van der Waals surface area contributed by atoms with Gasteiger partial charge in [-0.15, -0.1) is 23.8 Å². The minimum Gasteiger partial charge on any atom is -0.748 e. The van der Waals surface area contributed by atoms with E-state index in [0.29, 0.717) is 0 Å². The predicted octanol–water partition coefficient (Wildman–Crippen LogP) is 3.45. The zero-order chi connectivity index (χ0) is 8.65. The van der Waals surface area contributed by atoms with E-state index in [0.717, 1.165) is 0 Å². The van der Waals surface area contributed by atoms with Crippen molar-refractivity contribution in [2.45, 2.75) is 0 Å². The van der Waals surface area contributed by atoms with Gasteiger partial charge in [0, 0.05) is 16.5 Å². The summed E-state index contributed by atoms with van der Waals surface area (Å²) in [5.74, 6) is 0. The quantitative estimate of drug-likeness (QED) is 0.504. The first-order valence-electron chi connectivity index (χ1n) is 3.94. The van der Waals surface area contributed by atoms with Gasteiger partial charge >= 0.3 is 0 Å². The fourth-order valence-corrected chi connectivity index (χ4v) is 0.846. The number of hydrogen-bond acceptors (Lipinski definition) is 0. The Morgan fingerprint density at radius 2 is 1.31 bits per heavy atom. The number of hydrogen-bond donors (Lipinski definition) is 0. The number of rotatable bonds is 1. The third-order valence-electron chi connectivity index (χ3n) is 1.48. The molecular formula is C12H12Ni-6. The van der Waals surface area contributed by atoms with Crippen molar-refractivity contribution in [3.63, 3.8) is 0 Å². The SMILES string of the molecule is C=C[c-]1cccc1.[Ni].[cH-]1[cH-][cH-][cH-][cH-]1. The third-order valence-corrected chi connectivity index (χ3v) is 1.48. The molecule has 0 saturated heterocycles. The molecule has 0 amide bonds. The molecule has 13 heavy (non-hydrogen) atoms. The molecule has 0 bridgehead atoms. The van der Waals surface area contributed by atoms with E-state index in [2.05, 4.69) is 6.58 Å². The Bertz CT molecular complexity index is 260. The minimum atomic E-state index is 0. The van der Waals surface area contributed by atoms with Crippen molar-refractivity contribution in [3.05, 3.63) is 66.7 Å². The molecule has 2 rings (SSSR count). The van der Waals surface area contributed by atoms with E-state index in [1.165, 1.54) is 5.56 Å². The summed E-state index contributed by atoms with van der Waals surface area (Å²) in [6, 6.07) is 18.0. The summed E-state index contributed by atoms with van der Waals surface area (Å²) in [4.78, 5) is 0. The van der Waals surface area contributed by atoms with Gasteiger partial charge in [0.1, 0.15) is 0 Å². The summed E-state index contributed by atoms with van der Waals surface area (Å²) in [7, 11) is 0.